The lowest BCUT2D eigenvalue weighted by Crippen LogP contribution is -2.28. The molecule has 2 heterocycles. The third-order valence-corrected chi connectivity index (χ3v) is 5.33. The minimum absolute atomic E-state index is 0.0903. The van der Waals surface area contributed by atoms with Gasteiger partial charge in [0, 0.05) is 17.2 Å². The molecule has 0 bridgehead atoms. The third kappa shape index (κ3) is 4.05. The molecule has 0 spiro atoms. The van der Waals surface area contributed by atoms with Gasteiger partial charge in [-0.2, -0.15) is 0 Å². The van der Waals surface area contributed by atoms with Crippen LogP contribution in [0.5, 0.6) is 0 Å². The van der Waals surface area contributed by atoms with Gasteiger partial charge in [0.1, 0.15) is 11.3 Å². The van der Waals surface area contributed by atoms with E-state index < -0.39 is 17.4 Å². The Balaban J connectivity index is 1.95. The lowest BCUT2D eigenvalue weighted by Gasteiger charge is -2.09. The monoisotopic (exact) mass is 447 g/mol. The number of ketones is 1. The molecule has 4 aromatic rings. The number of rotatable bonds is 6. The van der Waals surface area contributed by atoms with Crippen LogP contribution in [0.15, 0.2) is 53.3 Å². The van der Waals surface area contributed by atoms with Crippen LogP contribution in [0.2, 0.25) is 0 Å². The van der Waals surface area contributed by atoms with E-state index in [1.165, 1.54) is 33.4 Å². The average Bonchev–Trinajstić information content (AvgIpc) is 3.05. The number of nitrogens with zero attached hydrogens (tertiary/aromatic N) is 4. The number of primary amides is 1. The van der Waals surface area contributed by atoms with Crippen molar-refractivity contribution in [3.8, 4) is 11.4 Å². The lowest BCUT2D eigenvalue weighted by molar-refractivity contribution is 0.0966. The number of benzene rings is 2. The highest BCUT2D eigenvalue weighted by molar-refractivity contribution is 6.03. The Labute approximate surface area is 188 Å². The minimum Gasteiger partial charge on any atom is -0.364 e. The van der Waals surface area contributed by atoms with Crippen LogP contribution in [0.3, 0.4) is 0 Å². The van der Waals surface area contributed by atoms with E-state index >= 15 is 0 Å². The maximum absolute atomic E-state index is 13.4. The number of halogens is 1. The smallest absolute Gasteiger partial charge is 0.331 e. The van der Waals surface area contributed by atoms with Crippen molar-refractivity contribution in [2.24, 2.45) is 5.73 Å². The van der Waals surface area contributed by atoms with E-state index in [2.05, 4.69) is 9.97 Å². The van der Waals surface area contributed by atoms with E-state index in [1.807, 2.05) is 6.92 Å². The van der Waals surface area contributed by atoms with E-state index in [0.717, 1.165) is 5.56 Å². The van der Waals surface area contributed by atoms with Gasteiger partial charge in [-0.3, -0.25) is 18.7 Å². The molecule has 0 radical (unpaired) electrons. The molecule has 168 valence electrons. The molecule has 0 fully saturated rings. The summed E-state index contributed by atoms with van der Waals surface area (Å²) >= 11 is 0. The van der Waals surface area contributed by atoms with Crippen molar-refractivity contribution in [3.05, 3.63) is 81.7 Å². The standard InChI is InChI=1S/C24H22FN5O3/c1-13(2)30-23-20(29(24(30)33)12-18(31)15-6-4-14(3)5-7-15)19(21(26)32)27-22(28-23)16-8-10-17(25)11-9-16/h4-11,13H,12H2,1-3H3,(H2,26,32). The fraction of sp³-hybridized carbons (Fsp3) is 0.208. The highest BCUT2D eigenvalue weighted by Crippen LogP contribution is 2.24. The number of aromatic nitrogens is 4. The first-order chi connectivity index (χ1) is 15.7. The number of amides is 1. The number of imidazole rings is 1. The van der Waals surface area contributed by atoms with Gasteiger partial charge in [-0.15, -0.1) is 0 Å². The van der Waals surface area contributed by atoms with Crippen LogP contribution in [-0.2, 0) is 6.54 Å². The van der Waals surface area contributed by atoms with E-state index in [1.54, 1.807) is 38.1 Å². The largest absolute Gasteiger partial charge is 0.364 e. The van der Waals surface area contributed by atoms with E-state index in [4.69, 9.17) is 5.73 Å². The van der Waals surface area contributed by atoms with Gasteiger partial charge in [-0.25, -0.2) is 19.2 Å². The third-order valence-electron chi connectivity index (χ3n) is 5.33. The van der Waals surface area contributed by atoms with Crippen molar-refractivity contribution >= 4 is 22.9 Å². The van der Waals surface area contributed by atoms with Crippen molar-refractivity contribution in [2.75, 3.05) is 0 Å². The number of carbonyl (C=O) groups excluding carboxylic acids is 2. The molecule has 0 aliphatic carbocycles. The normalized spacial score (nSPS) is 11.3. The van der Waals surface area contributed by atoms with Gasteiger partial charge in [0.25, 0.3) is 5.91 Å². The fourth-order valence-corrected chi connectivity index (χ4v) is 3.66. The van der Waals surface area contributed by atoms with Gasteiger partial charge >= 0.3 is 5.69 Å². The maximum Gasteiger partial charge on any atom is 0.331 e. The molecule has 4 rings (SSSR count). The van der Waals surface area contributed by atoms with Gasteiger partial charge in [-0.05, 0) is 45.0 Å². The summed E-state index contributed by atoms with van der Waals surface area (Å²) in [5.74, 6) is -1.50. The Bertz CT molecular complexity index is 1430. The highest BCUT2D eigenvalue weighted by atomic mass is 19.1. The summed E-state index contributed by atoms with van der Waals surface area (Å²) in [5.41, 5.74) is 7.07. The van der Waals surface area contributed by atoms with E-state index in [-0.39, 0.29) is 41.1 Å². The van der Waals surface area contributed by atoms with Crippen LogP contribution < -0.4 is 11.4 Å². The van der Waals surface area contributed by atoms with Gasteiger partial charge in [-0.1, -0.05) is 29.8 Å². The van der Waals surface area contributed by atoms with Crippen molar-refractivity contribution in [1.82, 2.24) is 19.1 Å². The van der Waals surface area contributed by atoms with Crippen LogP contribution in [0.25, 0.3) is 22.6 Å². The molecule has 1 amide bonds. The molecule has 2 aromatic heterocycles. The maximum atomic E-state index is 13.4. The molecule has 0 aliphatic rings. The lowest BCUT2D eigenvalue weighted by atomic mass is 10.1. The minimum atomic E-state index is -0.872. The number of Topliss-reactive ketones (excluding diaryl/α,β-unsaturated/α-hetero) is 1. The second kappa shape index (κ2) is 8.42. The first kappa shape index (κ1) is 22.1. The molecule has 9 heteroatoms. The van der Waals surface area contributed by atoms with Crippen molar-refractivity contribution in [2.45, 2.75) is 33.4 Å². The zero-order valence-electron chi connectivity index (χ0n) is 18.4. The Morgan fingerprint density at radius 3 is 2.24 bits per heavy atom. The summed E-state index contributed by atoms with van der Waals surface area (Å²) in [6.45, 7) is 5.18. The predicted molar refractivity (Wildman–Crippen MR) is 122 cm³/mol. The predicted octanol–water partition coefficient (Wildman–Crippen LogP) is 3.27. The number of aryl methyl sites for hydroxylation is 1. The summed E-state index contributed by atoms with van der Waals surface area (Å²) in [7, 11) is 0. The second-order valence-corrected chi connectivity index (χ2v) is 8.06. The molecule has 0 unspecified atom stereocenters. The number of carbonyl (C=O) groups is 2. The summed E-state index contributed by atoms with van der Waals surface area (Å²) in [5, 5.41) is 0. The number of hydrogen-bond acceptors (Lipinski definition) is 5. The Kier molecular flexibility index (Phi) is 5.63. The molecule has 33 heavy (non-hydrogen) atoms. The van der Waals surface area contributed by atoms with Crippen LogP contribution in [0, 0.1) is 12.7 Å². The first-order valence-electron chi connectivity index (χ1n) is 10.4. The van der Waals surface area contributed by atoms with E-state index in [9.17, 15) is 18.8 Å². The summed E-state index contributed by atoms with van der Waals surface area (Å²) < 4.78 is 16.0. The second-order valence-electron chi connectivity index (χ2n) is 8.06. The zero-order chi connectivity index (χ0) is 23.9. The summed E-state index contributed by atoms with van der Waals surface area (Å²) in [4.78, 5) is 47.4. The first-order valence-corrected chi connectivity index (χ1v) is 10.4. The average molecular weight is 447 g/mol. The van der Waals surface area contributed by atoms with Crippen molar-refractivity contribution < 1.29 is 14.0 Å². The number of hydrogen-bond donors (Lipinski definition) is 1. The zero-order valence-corrected chi connectivity index (χ0v) is 18.4. The quantitative estimate of drug-likeness (QED) is 0.456. The molecular weight excluding hydrogens is 425 g/mol. The molecule has 0 atom stereocenters. The molecule has 2 N–H and O–H groups in total. The number of fused-ring (bicyclic) bond motifs is 1. The van der Waals surface area contributed by atoms with E-state index in [0.29, 0.717) is 11.1 Å². The SMILES string of the molecule is Cc1ccc(C(=O)Cn2c(=O)n(C(C)C)c3nc(-c4ccc(F)cc4)nc(C(N)=O)c32)cc1. The topological polar surface area (TPSA) is 113 Å². The Hall–Kier alpha value is -4.14. The molecule has 0 saturated carbocycles. The molecular formula is C24H22FN5O3. The molecule has 2 aromatic carbocycles. The van der Waals surface area contributed by atoms with Crippen LogP contribution in [0.1, 0.15) is 46.3 Å². The summed E-state index contributed by atoms with van der Waals surface area (Å²) in [6.07, 6.45) is 0. The highest BCUT2D eigenvalue weighted by Gasteiger charge is 2.26. The fourth-order valence-electron chi connectivity index (χ4n) is 3.66. The molecule has 8 nitrogen and oxygen atoms in total. The van der Waals surface area contributed by atoms with Crippen molar-refractivity contribution in [1.29, 1.82) is 0 Å². The number of nitrogens with two attached hydrogens (primary N) is 1. The van der Waals surface area contributed by atoms with Gasteiger partial charge in [0.15, 0.2) is 22.9 Å². The van der Waals surface area contributed by atoms with Gasteiger partial charge in [0.05, 0.1) is 6.54 Å². The summed E-state index contributed by atoms with van der Waals surface area (Å²) in [6, 6.07) is 12.1. The Morgan fingerprint density at radius 2 is 1.67 bits per heavy atom. The van der Waals surface area contributed by atoms with Gasteiger partial charge in [0.2, 0.25) is 0 Å². The van der Waals surface area contributed by atoms with Crippen LogP contribution in [-0.4, -0.2) is 30.8 Å². The molecule has 0 saturated heterocycles. The van der Waals surface area contributed by atoms with Crippen LogP contribution >= 0.6 is 0 Å². The van der Waals surface area contributed by atoms with Crippen LogP contribution in [0.4, 0.5) is 4.39 Å². The van der Waals surface area contributed by atoms with Crippen molar-refractivity contribution in [3.63, 3.8) is 0 Å². The van der Waals surface area contributed by atoms with Gasteiger partial charge < -0.3 is 5.73 Å². The molecule has 0 aliphatic heterocycles. The Morgan fingerprint density at radius 1 is 1.03 bits per heavy atom.